The first-order valence-corrected chi connectivity index (χ1v) is 9.32. The van der Waals surface area contributed by atoms with E-state index in [0.29, 0.717) is 12.0 Å². The van der Waals surface area contributed by atoms with E-state index in [1.165, 1.54) is 25.8 Å². The SMILES string of the molecule is CN(CC1CC12CCN(C(=O)OCc1ccccc1)CC2)C1CC1. The Morgan fingerprint density at radius 3 is 2.62 bits per heavy atom. The number of amides is 1. The van der Waals surface area contributed by atoms with Crippen LogP contribution in [-0.4, -0.2) is 48.6 Å². The van der Waals surface area contributed by atoms with Crippen molar-refractivity contribution in [2.75, 3.05) is 26.7 Å². The van der Waals surface area contributed by atoms with Crippen molar-refractivity contribution in [2.45, 2.75) is 44.8 Å². The van der Waals surface area contributed by atoms with Crippen molar-refractivity contribution in [3.05, 3.63) is 35.9 Å². The normalized spacial score (nSPS) is 25.1. The molecule has 130 valence electrons. The molecule has 0 aromatic heterocycles. The van der Waals surface area contributed by atoms with Gasteiger partial charge in [-0.3, -0.25) is 0 Å². The second-order valence-corrected chi connectivity index (χ2v) is 7.96. The minimum Gasteiger partial charge on any atom is -0.445 e. The molecule has 4 rings (SSSR count). The molecule has 2 aliphatic carbocycles. The van der Waals surface area contributed by atoms with Crippen LogP contribution >= 0.6 is 0 Å². The van der Waals surface area contributed by atoms with E-state index < -0.39 is 0 Å². The zero-order valence-corrected chi connectivity index (χ0v) is 14.6. The third kappa shape index (κ3) is 3.44. The third-order valence-corrected chi connectivity index (χ3v) is 6.26. The van der Waals surface area contributed by atoms with Gasteiger partial charge in [0.1, 0.15) is 6.61 Å². The molecule has 1 aromatic carbocycles. The molecule has 1 atom stereocenters. The monoisotopic (exact) mass is 328 g/mol. The van der Waals surface area contributed by atoms with Gasteiger partial charge in [-0.15, -0.1) is 0 Å². The number of piperidine rings is 1. The van der Waals surface area contributed by atoms with Crippen LogP contribution in [-0.2, 0) is 11.3 Å². The van der Waals surface area contributed by atoms with E-state index in [9.17, 15) is 4.79 Å². The fourth-order valence-electron chi connectivity index (χ4n) is 4.26. The van der Waals surface area contributed by atoms with Crippen molar-refractivity contribution >= 4 is 6.09 Å². The lowest BCUT2D eigenvalue weighted by atomic mass is 9.91. The van der Waals surface area contributed by atoms with E-state index in [0.717, 1.165) is 43.5 Å². The molecule has 24 heavy (non-hydrogen) atoms. The summed E-state index contributed by atoms with van der Waals surface area (Å²) in [6.45, 7) is 3.34. The van der Waals surface area contributed by atoms with Crippen LogP contribution in [0.15, 0.2) is 30.3 Å². The molecule has 1 unspecified atom stereocenters. The van der Waals surface area contributed by atoms with Crippen molar-refractivity contribution in [1.29, 1.82) is 0 Å². The van der Waals surface area contributed by atoms with Gasteiger partial charge in [0.2, 0.25) is 0 Å². The Morgan fingerprint density at radius 2 is 1.96 bits per heavy atom. The van der Waals surface area contributed by atoms with E-state index >= 15 is 0 Å². The smallest absolute Gasteiger partial charge is 0.410 e. The number of hydrogen-bond donors (Lipinski definition) is 0. The maximum atomic E-state index is 12.3. The number of benzene rings is 1. The quantitative estimate of drug-likeness (QED) is 0.829. The van der Waals surface area contributed by atoms with E-state index in [2.05, 4.69) is 11.9 Å². The van der Waals surface area contributed by atoms with Crippen LogP contribution in [0.5, 0.6) is 0 Å². The molecule has 2 saturated carbocycles. The average Bonchev–Trinajstić information content (AvgIpc) is 3.52. The van der Waals surface area contributed by atoms with Crippen molar-refractivity contribution in [2.24, 2.45) is 11.3 Å². The molecular formula is C20H28N2O2. The van der Waals surface area contributed by atoms with Crippen LogP contribution in [0.1, 0.15) is 37.7 Å². The highest BCUT2D eigenvalue weighted by atomic mass is 16.6. The van der Waals surface area contributed by atoms with Crippen LogP contribution in [0.25, 0.3) is 0 Å². The fourth-order valence-corrected chi connectivity index (χ4v) is 4.26. The van der Waals surface area contributed by atoms with Gasteiger partial charge >= 0.3 is 6.09 Å². The van der Waals surface area contributed by atoms with Crippen LogP contribution < -0.4 is 0 Å². The summed E-state index contributed by atoms with van der Waals surface area (Å²) in [7, 11) is 2.28. The first-order chi connectivity index (χ1) is 11.7. The van der Waals surface area contributed by atoms with Gasteiger partial charge < -0.3 is 14.5 Å². The predicted octanol–water partition coefficient (Wildman–Crippen LogP) is 3.52. The Labute approximate surface area is 144 Å². The molecule has 1 aromatic rings. The van der Waals surface area contributed by atoms with Gasteiger partial charge in [-0.05, 0) is 56.0 Å². The molecule has 1 spiro atoms. The highest BCUT2D eigenvalue weighted by Crippen LogP contribution is 2.59. The van der Waals surface area contributed by atoms with Crippen molar-refractivity contribution < 1.29 is 9.53 Å². The average molecular weight is 328 g/mol. The van der Waals surface area contributed by atoms with Crippen LogP contribution in [0.4, 0.5) is 4.79 Å². The summed E-state index contributed by atoms with van der Waals surface area (Å²) in [5, 5.41) is 0. The molecular weight excluding hydrogens is 300 g/mol. The lowest BCUT2D eigenvalue weighted by molar-refractivity contribution is 0.0769. The molecule has 1 heterocycles. The third-order valence-electron chi connectivity index (χ3n) is 6.26. The van der Waals surface area contributed by atoms with Crippen molar-refractivity contribution in [1.82, 2.24) is 9.80 Å². The lowest BCUT2D eigenvalue weighted by Crippen LogP contribution is -2.40. The maximum absolute atomic E-state index is 12.3. The Balaban J connectivity index is 1.21. The molecule has 0 radical (unpaired) electrons. The van der Waals surface area contributed by atoms with Gasteiger partial charge in [0.15, 0.2) is 0 Å². The number of hydrogen-bond acceptors (Lipinski definition) is 3. The summed E-state index contributed by atoms with van der Waals surface area (Å²) in [6.07, 6.45) is 6.28. The lowest BCUT2D eigenvalue weighted by Gasteiger charge is -2.32. The van der Waals surface area contributed by atoms with E-state index in [-0.39, 0.29) is 6.09 Å². The Morgan fingerprint density at radius 1 is 1.25 bits per heavy atom. The van der Waals surface area contributed by atoms with Crippen molar-refractivity contribution in [3.8, 4) is 0 Å². The van der Waals surface area contributed by atoms with Gasteiger partial charge in [0.05, 0.1) is 0 Å². The minimum atomic E-state index is -0.152. The molecule has 1 aliphatic heterocycles. The maximum Gasteiger partial charge on any atom is 0.410 e. The number of carbonyl (C=O) groups is 1. The van der Waals surface area contributed by atoms with Crippen LogP contribution in [0.2, 0.25) is 0 Å². The molecule has 1 amide bonds. The predicted molar refractivity (Wildman–Crippen MR) is 93.6 cm³/mol. The number of nitrogens with zero attached hydrogens (tertiary/aromatic N) is 2. The Hall–Kier alpha value is -1.55. The number of ether oxygens (including phenoxy) is 1. The van der Waals surface area contributed by atoms with Gasteiger partial charge in [-0.1, -0.05) is 30.3 Å². The van der Waals surface area contributed by atoms with E-state index in [1.54, 1.807) is 0 Å². The second-order valence-electron chi connectivity index (χ2n) is 7.96. The van der Waals surface area contributed by atoms with E-state index in [1.807, 2.05) is 35.2 Å². The minimum absolute atomic E-state index is 0.152. The van der Waals surface area contributed by atoms with Gasteiger partial charge in [0.25, 0.3) is 0 Å². The first kappa shape index (κ1) is 15.9. The standard InChI is InChI=1S/C20H28N2O2/c1-21(18-7-8-18)14-17-13-20(17)9-11-22(12-10-20)19(23)24-15-16-5-3-2-4-6-16/h2-6,17-18H,7-15H2,1H3. The molecule has 3 fully saturated rings. The summed E-state index contributed by atoms with van der Waals surface area (Å²) in [6, 6.07) is 10.8. The van der Waals surface area contributed by atoms with E-state index in [4.69, 9.17) is 4.74 Å². The molecule has 0 bridgehead atoms. The highest BCUT2D eigenvalue weighted by Gasteiger charge is 2.55. The summed E-state index contributed by atoms with van der Waals surface area (Å²) in [5.41, 5.74) is 1.57. The topological polar surface area (TPSA) is 32.8 Å². The Kier molecular flexibility index (Phi) is 4.25. The number of rotatable bonds is 5. The molecule has 3 aliphatic rings. The molecule has 4 nitrogen and oxygen atoms in total. The number of carbonyl (C=O) groups excluding carboxylic acids is 1. The second kappa shape index (κ2) is 6.40. The van der Waals surface area contributed by atoms with Crippen LogP contribution in [0, 0.1) is 11.3 Å². The van der Waals surface area contributed by atoms with Crippen molar-refractivity contribution in [3.63, 3.8) is 0 Å². The largest absolute Gasteiger partial charge is 0.445 e. The molecule has 0 N–H and O–H groups in total. The molecule has 4 heteroatoms. The zero-order valence-electron chi connectivity index (χ0n) is 14.6. The summed E-state index contributed by atoms with van der Waals surface area (Å²) in [5.74, 6) is 0.852. The van der Waals surface area contributed by atoms with Gasteiger partial charge in [0, 0.05) is 25.7 Å². The summed E-state index contributed by atoms with van der Waals surface area (Å²) >= 11 is 0. The van der Waals surface area contributed by atoms with Gasteiger partial charge in [-0.25, -0.2) is 4.79 Å². The number of likely N-dealkylation sites (tertiary alicyclic amines) is 1. The summed E-state index contributed by atoms with van der Waals surface area (Å²) in [4.78, 5) is 16.7. The highest BCUT2D eigenvalue weighted by molar-refractivity contribution is 5.67. The fraction of sp³-hybridized carbons (Fsp3) is 0.650. The Bertz CT molecular complexity index is 577. The summed E-state index contributed by atoms with van der Waals surface area (Å²) < 4.78 is 5.47. The van der Waals surface area contributed by atoms with Gasteiger partial charge in [-0.2, -0.15) is 0 Å². The zero-order chi connectivity index (χ0) is 16.6. The molecule has 1 saturated heterocycles. The first-order valence-electron chi connectivity index (χ1n) is 9.32. The van der Waals surface area contributed by atoms with Crippen LogP contribution in [0.3, 0.4) is 0 Å².